The van der Waals surface area contributed by atoms with Gasteiger partial charge in [0.15, 0.2) is 11.5 Å². The smallest absolute Gasteiger partial charge is 0.244 e. The normalized spacial score (nSPS) is 11.0. The molecule has 0 atom stereocenters. The van der Waals surface area contributed by atoms with Crippen LogP contribution in [0.5, 0.6) is 11.5 Å². The predicted octanol–water partition coefficient (Wildman–Crippen LogP) is 3.85. The standard InChI is InChI=1S/C20H17IN2O3/c1-26-18-10-13(9-17(21)20(18)25)12-22-23-19(24)11-15-7-4-6-14-5-2-3-8-16(14)15/h2-10,12,25H,11H2,1H3,(H,23,24)/b22-12-. The number of hydrogen-bond acceptors (Lipinski definition) is 4. The molecule has 5 nitrogen and oxygen atoms in total. The number of carbonyl (C=O) groups is 1. The van der Waals surface area contributed by atoms with Gasteiger partial charge in [0.25, 0.3) is 0 Å². The zero-order valence-electron chi connectivity index (χ0n) is 14.1. The molecule has 0 aromatic heterocycles. The van der Waals surface area contributed by atoms with Gasteiger partial charge in [-0.25, -0.2) is 5.43 Å². The highest BCUT2D eigenvalue weighted by molar-refractivity contribution is 14.1. The summed E-state index contributed by atoms with van der Waals surface area (Å²) in [4.78, 5) is 12.2. The number of phenolic OH excluding ortho intramolecular Hbond substituents is 1. The van der Waals surface area contributed by atoms with Crippen LogP contribution in [0.25, 0.3) is 10.8 Å². The molecular weight excluding hydrogens is 443 g/mol. The number of ether oxygens (including phenoxy) is 1. The number of rotatable bonds is 5. The molecule has 0 fully saturated rings. The molecule has 0 radical (unpaired) electrons. The van der Waals surface area contributed by atoms with E-state index in [0.29, 0.717) is 9.32 Å². The van der Waals surface area contributed by atoms with Crippen LogP contribution in [0.4, 0.5) is 0 Å². The Bertz CT molecular complexity index is 981. The first-order valence-corrected chi connectivity index (χ1v) is 9.01. The summed E-state index contributed by atoms with van der Waals surface area (Å²) in [6.45, 7) is 0. The molecule has 0 saturated carbocycles. The summed E-state index contributed by atoms with van der Waals surface area (Å²) in [6, 6.07) is 17.3. The van der Waals surface area contributed by atoms with Crippen molar-refractivity contribution in [3.05, 3.63) is 69.3 Å². The number of nitrogens with zero attached hydrogens (tertiary/aromatic N) is 1. The molecule has 0 unspecified atom stereocenters. The van der Waals surface area contributed by atoms with Gasteiger partial charge in [0, 0.05) is 0 Å². The van der Waals surface area contributed by atoms with Gasteiger partial charge < -0.3 is 9.84 Å². The monoisotopic (exact) mass is 460 g/mol. The summed E-state index contributed by atoms with van der Waals surface area (Å²) in [7, 11) is 1.48. The third kappa shape index (κ3) is 4.13. The van der Waals surface area contributed by atoms with E-state index in [-0.39, 0.29) is 18.1 Å². The second-order valence-electron chi connectivity index (χ2n) is 5.66. The van der Waals surface area contributed by atoms with Crippen LogP contribution in [-0.4, -0.2) is 24.3 Å². The van der Waals surface area contributed by atoms with E-state index in [1.54, 1.807) is 12.1 Å². The molecule has 2 N–H and O–H groups in total. The summed E-state index contributed by atoms with van der Waals surface area (Å²) in [5, 5.41) is 16.0. The minimum atomic E-state index is -0.196. The molecule has 0 heterocycles. The summed E-state index contributed by atoms with van der Waals surface area (Å²) < 4.78 is 5.75. The van der Waals surface area contributed by atoms with Crippen molar-refractivity contribution in [1.29, 1.82) is 0 Å². The molecule has 0 aliphatic heterocycles. The van der Waals surface area contributed by atoms with Crippen molar-refractivity contribution >= 4 is 45.5 Å². The lowest BCUT2D eigenvalue weighted by molar-refractivity contribution is -0.120. The molecule has 3 aromatic carbocycles. The van der Waals surface area contributed by atoms with Crippen molar-refractivity contribution in [2.45, 2.75) is 6.42 Å². The molecule has 0 aliphatic carbocycles. The van der Waals surface area contributed by atoms with Crippen molar-refractivity contribution in [1.82, 2.24) is 5.43 Å². The van der Waals surface area contributed by atoms with Crippen molar-refractivity contribution in [3.63, 3.8) is 0 Å². The maximum Gasteiger partial charge on any atom is 0.244 e. The highest BCUT2D eigenvalue weighted by Gasteiger charge is 2.08. The molecule has 0 saturated heterocycles. The van der Waals surface area contributed by atoms with E-state index in [1.165, 1.54) is 13.3 Å². The van der Waals surface area contributed by atoms with E-state index in [2.05, 4.69) is 10.5 Å². The van der Waals surface area contributed by atoms with Crippen molar-refractivity contribution in [2.75, 3.05) is 7.11 Å². The Balaban J connectivity index is 1.69. The minimum absolute atomic E-state index is 0.0882. The van der Waals surface area contributed by atoms with E-state index in [1.807, 2.05) is 65.1 Å². The van der Waals surface area contributed by atoms with Crippen molar-refractivity contribution < 1.29 is 14.6 Å². The van der Waals surface area contributed by atoms with Crippen molar-refractivity contribution in [2.24, 2.45) is 5.10 Å². The number of hydrogen-bond donors (Lipinski definition) is 2. The number of phenols is 1. The van der Waals surface area contributed by atoms with Gasteiger partial charge in [-0.15, -0.1) is 0 Å². The van der Waals surface area contributed by atoms with E-state index in [9.17, 15) is 9.90 Å². The number of halogens is 1. The quantitative estimate of drug-likeness (QED) is 0.345. The van der Waals surface area contributed by atoms with Gasteiger partial charge in [-0.05, 0) is 56.6 Å². The first-order chi connectivity index (χ1) is 12.6. The molecule has 6 heteroatoms. The molecular formula is C20H17IN2O3. The van der Waals surface area contributed by atoms with Gasteiger partial charge >= 0.3 is 0 Å². The zero-order chi connectivity index (χ0) is 18.5. The molecule has 3 rings (SSSR count). The Morgan fingerprint density at radius 1 is 1.23 bits per heavy atom. The number of nitrogens with one attached hydrogen (secondary N) is 1. The van der Waals surface area contributed by atoms with E-state index in [4.69, 9.17) is 4.74 Å². The number of methoxy groups -OCH3 is 1. The van der Waals surface area contributed by atoms with Crippen LogP contribution in [-0.2, 0) is 11.2 Å². The summed E-state index contributed by atoms with van der Waals surface area (Å²) >= 11 is 2.01. The van der Waals surface area contributed by atoms with Gasteiger partial charge in [-0.2, -0.15) is 5.10 Å². The topological polar surface area (TPSA) is 70.9 Å². The Morgan fingerprint density at radius 3 is 2.81 bits per heavy atom. The number of aromatic hydroxyl groups is 1. The third-order valence-electron chi connectivity index (χ3n) is 3.90. The average Bonchev–Trinajstić information content (AvgIpc) is 2.64. The minimum Gasteiger partial charge on any atom is -0.504 e. The maximum absolute atomic E-state index is 12.2. The molecule has 0 spiro atoms. The largest absolute Gasteiger partial charge is 0.504 e. The van der Waals surface area contributed by atoms with E-state index < -0.39 is 0 Å². The number of benzene rings is 3. The molecule has 26 heavy (non-hydrogen) atoms. The van der Waals surface area contributed by atoms with Gasteiger partial charge in [-0.1, -0.05) is 42.5 Å². The molecule has 0 aliphatic rings. The highest BCUT2D eigenvalue weighted by atomic mass is 127. The molecule has 0 bridgehead atoms. The third-order valence-corrected chi connectivity index (χ3v) is 4.73. The number of carbonyl (C=O) groups excluding carboxylic acids is 1. The van der Waals surface area contributed by atoms with E-state index in [0.717, 1.165) is 21.9 Å². The fourth-order valence-electron chi connectivity index (χ4n) is 2.66. The summed E-state index contributed by atoms with van der Waals surface area (Å²) in [5.74, 6) is 0.253. The lowest BCUT2D eigenvalue weighted by Crippen LogP contribution is -2.19. The second-order valence-corrected chi connectivity index (χ2v) is 6.82. The van der Waals surface area contributed by atoms with Gasteiger partial charge in [0.2, 0.25) is 5.91 Å². The Labute approximate surface area is 164 Å². The lowest BCUT2D eigenvalue weighted by atomic mass is 10.0. The van der Waals surface area contributed by atoms with E-state index >= 15 is 0 Å². The van der Waals surface area contributed by atoms with Gasteiger partial charge in [-0.3, -0.25) is 4.79 Å². The number of hydrazone groups is 1. The van der Waals surface area contributed by atoms with Crippen LogP contribution < -0.4 is 10.2 Å². The predicted molar refractivity (Wildman–Crippen MR) is 111 cm³/mol. The van der Waals surface area contributed by atoms with Crippen LogP contribution in [0.2, 0.25) is 0 Å². The van der Waals surface area contributed by atoms with Crippen LogP contribution in [0.3, 0.4) is 0 Å². The molecule has 132 valence electrons. The second kappa shape index (κ2) is 8.18. The lowest BCUT2D eigenvalue weighted by Gasteiger charge is -2.07. The Morgan fingerprint density at radius 2 is 2.00 bits per heavy atom. The fourth-order valence-corrected chi connectivity index (χ4v) is 3.29. The SMILES string of the molecule is COc1cc(/C=N\NC(=O)Cc2cccc3ccccc23)cc(I)c1O. The highest BCUT2D eigenvalue weighted by Crippen LogP contribution is 2.31. The van der Waals surface area contributed by atoms with Crippen LogP contribution in [0.1, 0.15) is 11.1 Å². The van der Waals surface area contributed by atoms with Crippen LogP contribution in [0, 0.1) is 3.57 Å². The zero-order valence-corrected chi connectivity index (χ0v) is 16.2. The maximum atomic E-state index is 12.2. The Hall–Kier alpha value is -2.61. The van der Waals surface area contributed by atoms with Gasteiger partial charge in [0.1, 0.15) is 0 Å². The summed E-state index contributed by atoms with van der Waals surface area (Å²) in [5.41, 5.74) is 4.21. The van der Waals surface area contributed by atoms with Crippen LogP contribution in [0.15, 0.2) is 59.7 Å². The fraction of sp³-hybridized carbons (Fsp3) is 0.100. The van der Waals surface area contributed by atoms with Crippen LogP contribution >= 0.6 is 22.6 Å². The van der Waals surface area contributed by atoms with Gasteiger partial charge in [0.05, 0.1) is 23.3 Å². The average molecular weight is 460 g/mol. The molecule has 1 amide bonds. The Kier molecular flexibility index (Phi) is 5.72. The number of amides is 1. The first-order valence-electron chi connectivity index (χ1n) is 7.93. The summed E-state index contributed by atoms with van der Waals surface area (Å²) in [6.07, 6.45) is 1.76. The first kappa shape index (κ1) is 18.2. The molecule has 3 aromatic rings. The van der Waals surface area contributed by atoms with Crippen molar-refractivity contribution in [3.8, 4) is 11.5 Å². The number of fused-ring (bicyclic) bond motifs is 1.